The fourth-order valence-electron chi connectivity index (χ4n) is 1.89. The van der Waals surface area contributed by atoms with Gasteiger partial charge in [-0.1, -0.05) is 13.0 Å². The van der Waals surface area contributed by atoms with Gasteiger partial charge in [-0.15, -0.1) is 0 Å². The maximum Gasteiger partial charge on any atom is 0.272 e. The van der Waals surface area contributed by atoms with Crippen LogP contribution in [0.5, 0.6) is 0 Å². The number of pyridine rings is 1. The van der Waals surface area contributed by atoms with Crippen molar-refractivity contribution in [2.24, 2.45) is 0 Å². The molecule has 0 bridgehead atoms. The van der Waals surface area contributed by atoms with Crippen molar-refractivity contribution in [3.63, 3.8) is 0 Å². The predicted octanol–water partition coefficient (Wildman–Crippen LogP) is 0.987. The van der Waals surface area contributed by atoms with E-state index in [1.165, 1.54) is 0 Å². The smallest absolute Gasteiger partial charge is 0.272 e. The third-order valence-electron chi connectivity index (χ3n) is 3.13. The summed E-state index contributed by atoms with van der Waals surface area (Å²) >= 11 is 0. The Morgan fingerprint density at radius 3 is 2.88 bits per heavy atom. The van der Waals surface area contributed by atoms with Gasteiger partial charge in [0, 0.05) is 6.20 Å². The molecule has 4 nitrogen and oxygen atoms in total. The third-order valence-corrected chi connectivity index (χ3v) is 3.13. The molecule has 1 aromatic heterocycles. The van der Waals surface area contributed by atoms with Crippen molar-refractivity contribution in [1.82, 2.24) is 9.88 Å². The number of aryl methyl sites for hydroxylation is 1. The van der Waals surface area contributed by atoms with Crippen LogP contribution >= 0.6 is 0 Å². The molecular formula is C12H16N2O2. The van der Waals surface area contributed by atoms with Gasteiger partial charge < -0.3 is 10.0 Å². The molecule has 2 heterocycles. The highest BCUT2D eigenvalue weighted by molar-refractivity contribution is 5.94. The van der Waals surface area contributed by atoms with Crippen LogP contribution in [0.2, 0.25) is 0 Å². The molecule has 16 heavy (non-hydrogen) atoms. The number of amides is 1. The van der Waals surface area contributed by atoms with E-state index in [0.717, 1.165) is 5.56 Å². The number of likely N-dealkylation sites (tertiary alicyclic amines) is 1. The molecular weight excluding hydrogens is 204 g/mol. The molecule has 1 aliphatic heterocycles. The lowest BCUT2D eigenvalue weighted by Crippen LogP contribution is -2.63. The summed E-state index contributed by atoms with van der Waals surface area (Å²) < 4.78 is 0. The average Bonchev–Trinajstić information content (AvgIpc) is 2.24. The van der Waals surface area contributed by atoms with Gasteiger partial charge in [-0.3, -0.25) is 9.78 Å². The summed E-state index contributed by atoms with van der Waals surface area (Å²) in [5, 5.41) is 9.84. The molecule has 1 amide bonds. The summed E-state index contributed by atoms with van der Waals surface area (Å²) in [4.78, 5) is 17.7. The van der Waals surface area contributed by atoms with E-state index in [2.05, 4.69) is 4.98 Å². The van der Waals surface area contributed by atoms with Gasteiger partial charge in [-0.2, -0.15) is 0 Å². The van der Waals surface area contributed by atoms with Crippen LogP contribution in [-0.2, 0) is 0 Å². The summed E-state index contributed by atoms with van der Waals surface area (Å²) in [5.41, 5.74) is 0.679. The van der Waals surface area contributed by atoms with Crippen LogP contribution in [0, 0.1) is 6.92 Å². The van der Waals surface area contributed by atoms with E-state index in [9.17, 15) is 9.90 Å². The number of carbonyl (C=O) groups is 1. The molecule has 0 radical (unpaired) electrons. The molecule has 4 heteroatoms. The van der Waals surface area contributed by atoms with E-state index in [1.807, 2.05) is 26.0 Å². The Morgan fingerprint density at radius 2 is 2.31 bits per heavy atom. The summed E-state index contributed by atoms with van der Waals surface area (Å²) in [6, 6.07) is 3.68. The quantitative estimate of drug-likeness (QED) is 0.808. The molecule has 0 aliphatic carbocycles. The number of rotatable bonds is 2. The van der Waals surface area contributed by atoms with E-state index in [4.69, 9.17) is 0 Å². The Balaban J connectivity index is 2.09. The van der Waals surface area contributed by atoms with Crippen LogP contribution in [0.4, 0.5) is 0 Å². The number of carbonyl (C=O) groups excluding carboxylic acids is 1. The molecule has 1 saturated heterocycles. The van der Waals surface area contributed by atoms with Gasteiger partial charge in [-0.25, -0.2) is 0 Å². The highest BCUT2D eigenvalue weighted by Gasteiger charge is 2.42. The van der Waals surface area contributed by atoms with Crippen LogP contribution < -0.4 is 0 Å². The molecule has 0 atom stereocenters. The number of aromatic nitrogens is 1. The summed E-state index contributed by atoms with van der Waals surface area (Å²) in [7, 11) is 0. The van der Waals surface area contributed by atoms with Gasteiger partial charge in [0.15, 0.2) is 0 Å². The first kappa shape index (κ1) is 11.1. The molecule has 0 saturated carbocycles. The van der Waals surface area contributed by atoms with Crippen molar-refractivity contribution in [3.05, 3.63) is 29.6 Å². The molecule has 1 aliphatic rings. The van der Waals surface area contributed by atoms with Gasteiger partial charge in [0.05, 0.1) is 18.7 Å². The van der Waals surface area contributed by atoms with Gasteiger partial charge in [0.1, 0.15) is 5.69 Å². The molecule has 2 rings (SSSR count). The molecule has 0 unspecified atom stereocenters. The number of β-amino-alcohol motifs (C(OH)–C–C–N with tert-alkyl or cyclic N) is 1. The average molecular weight is 220 g/mol. The number of hydrogen-bond acceptors (Lipinski definition) is 3. The molecule has 86 valence electrons. The normalized spacial score (nSPS) is 18.1. The van der Waals surface area contributed by atoms with Gasteiger partial charge in [0.2, 0.25) is 0 Å². The number of aliphatic hydroxyl groups is 1. The third kappa shape index (κ3) is 1.80. The SMILES string of the molecule is CCC1(O)CN(C(=O)c2ncccc2C)C1. The Bertz CT molecular complexity index is 411. The minimum absolute atomic E-state index is 0.0868. The zero-order chi connectivity index (χ0) is 11.8. The van der Waals surface area contributed by atoms with Crippen LogP contribution in [0.1, 0.15) is 29.4 Å². The van der Waals surface area contributed by atoms with E-state index in [1.54, 1.807) is 11.1 Å². The van der Waals surface area contributed by atoms with Crippen molar-refractivity contribution in [1.29, 1.82) is 0 Å². The fraction of sp³-hybridized carbons (Fsp3) is 0.500. The van der Waals surface area contributed by atoms with Crippen molar-refractivity contribution < 1.29 is 9.90 Å². The van der Waals surface area contributed by atoms with Crippen molar-refractivity contribution in [2.45, 2.75) is 25.9 Å². The Hall–Kier alpha value is -1.42. The maximum atomic E-state index is 12.0. The van der Waals surface area contributed by atoms with E-state index >= 15 is 0 Å². The van der Waals surface area contributed by atoms with Gasteiger partial charge >= 0.3 is 0 Å². The lowest BCUT2D eigenvalue weighted by molar-refractivity contribution is -0.0828. The predicted molar refractivity (Wildman–Crippen MR) is 60.1 cm³/mol. The van der Waals surface area contributed by atoms with E-state index in [-0.39, 0.29) is 5.91 Å². The van der Waals surface area contributed by atoms with Crippen LogP contribution in [-0.4, -0.2) is 39.6 Å². The highest BCUT2D eigenvalue weighted by atomic mass is 16.3. The second-order valence-corrected chi connectivity index (χ2v) is 4.41. The molecule has 0 aromatic carbocycles. The van der Waals surface area contributed by atoms with E-state index < -0.39 is 5.60 Å². The standard InChI is InChI=1S/C12H16N2O2/c1-3-12(16)7-14(8-12)11(15)10-9(2)5-4-6-13-10/h4-6,16H,3,7-8H2,1-2H3. The Morgan fingerprint density at radius 1 is 1.62 bits per heavy atom. The van der Waals surface area contributed by atoms with Crippen LogP contribution in [0.3, 0.4) is 0 Å². The zero-order valence-electron chi connectivity index (χ0n) is 9.60. The van der Waals surface area contributed by atoms with E-state index in [0.29, 0.717) is 25.2 Å². The van der Waals surface area contributed by atoms with Crippen molar-refractivity contribution in [2.75, 3.05) is 13.1 Å². The number of nitrogens with zero attached hydrogens (tertiary/aromatic N) is 2. The summed E-state index contributed by atoms with van der Waals surface area (Å²) in [5.74, 6) is -0.0868. The molecule has 1 aromatic rings. The van der Waals surface area contributed by atoms with Crippen molar-refractivity contribution >= 4 is 5.91 Å². The zero-order valence-corrected chi connectivity index (χ0v) is 9.60. The Kier molecular flexibility index (Phi) is 2.68. The first-order valence-corrected chi connectivity index (χ1v) is 5.49. The minimum Gasteiger partial charge on any atom is -0.386 e. The second kappa shape index (κ2) is 3.87. The van der Waals surface area contributed by atoms with Crippen molar-refractivity contribution in [3.8, 4) is 0 Å². The lowest BCUT2D eigenvalue weighted by atomic mass is 9.91. The maximum absolute atomic E-state index is 12.0. The highest BCUT2D eigenvalue weighted by Crippen LogP contribution is 2.25. The molecule has 0 spiro atoms. The monoisotopic (exact) mass is 220 g/mol. The van der Waals surface area contributed by atoms with Crippen LogP contribution in [0.15, 0.2) is 18.3 Å². The molecule has 1 N–H and O–H groups in total. The summed E-state index contributed by atoms with van der Waals surface area (Å²) in [6.07, 6.45) is 2.30. The van der Waals surface area contributed by atoms with Gasteiger partial charge in [0.25, 0.3) is 5.91 Å². The first-order valence-electron chi connectivity index (χ1n) is 5.49. The minimum atomic E-state index is -0.682. The van der Waals surface area contributed by atoms with Crippen LogP contribution in [0.25, 0.3) is 0 Å². The van der Waals surface area contributed by atoms with Gasteiger partial charge in [-0.05, 0) is 25.0 Å². The summed E-state index contributed by atoms with van der Waals surface area (Å²) in [6.45, 7) is 4.62. The Labute approximate surface area is 94.9 Å². The largest absolute Gasteiger partial charge is 0.386 e. The lowest BCUT2D eigenvalue weighted by Gasteiger charge is -2.46. The molecule has 1 fully saturated rings. The number of hydrogen-bond donors (Lipinski definition) is 1. The fourth-order valence-corrected chi connectivity index (χ4v) is 1.89. The second-order valence-electron chi connectivity index (χ2n) is 4.41. The topological polar surface area (TPSA) is 53.4 Å². The first-order chi connectivity index (χ1) is 7.56.